The molecule has 0 aromatic carbocycles. The highest BCUT2D eigenvalue weighted by molar-refractivity contribution is 5.55. The van der Waals surface area contributed by atoms with Gasteiger partial charge in [-0.25, -0.2) is 0 Å². The molecule has 0 radical (unpaired) electrons. The summed E-state index contributed by atoms with van der Waals surface area (Å²) < 4.78 is 0. The van der Waals surface area contributed by atoms with Crippen molar-refractivity contribution in [2.24, 2.45) is 29.1 Å². The zero-order chi connectivity index (χ0) is 8.93. The average Bonchev–Trinajstić information content (AvgIpc) is 2.02. The monoisotopic (exact) mass is 166 g/mol. The van der Waals surface area contributed by atoms with Crippen LogP contribution in [0.25, 0.3) is 0 Å². The van der Waals surface area contributed by atoms with Gasteiger partial charge in [0.1, 0.15) is 6.29 Å². The second-order valence-electron chi connectivity index (χ2n) is 5.28. The van der Waals surface area contributed by atoms with Gasteiger partial charge in [-0.05, 0) is 36.0 Å². The molecule has 0 saturated heterocycles. The van der Waals surface area contributed by atoms with Crippen molar-refractivity contribution >= 4 is 6.29 Å². The van der Waals surface area contributed by atoms with E-state index in [-0.39, 0.29) is 0 Å². The van der Waals surface area contributed by atoms with Crippen LogP contribution >= 0.6 is 0 Å². The molecule has 0 amide bonds. The predicted molar refractivity (Wildman–Crippen MR) is 48.7 cm³/mol. The molecule has 0 aromatic rings. The molecule has 0 heterocycles. The minimum absolute atomic E-state index is 0.361. The first-order valence-electron chi connectivity index (χ1n) is 5.02. The van der Waals surface area contributed by atoms with E-state index < -0.39 is 0 Å². The Morgan fingerprint density at radius 1 is 1.25 bits per heavy atom. The fourth-order valence-corrected chi connectivity index (χ4v) is 3.60. The van der Waals surface area contributed by atoms with Crippen LogP contribution in [0.2, 0.25) is 0 Å². The van der Waals surface area contributed by atoms with Crippen LogP contribution in [0.5, 0.6) is 0 Å². The quantitative estimate of drug-likeness (QED) is 0.547. The Kier molecular flexibility index (Phi) is 1.61. The third-order valence-corrected chi connectivity index (χ3v) is 4.44. The van der Waals surface area contributed by atoms with E-state index in [1.807, 2.05) is 0 Å². The minimum Gasteiger partial charge on any atom is -0.303 e. The van der Waals surface area contributed by atoms with E-state index in [4.69, 9.17) is 0 Å². The first-order valence-corrected chi connectivity index (χ1v) is 5.02. The molecule has 1 nitrogen and oxygen atoms in total. The van der Waals surface area contributed by atoms with Gasteiger partial charge < -0.3 is 4.79 Å². The van der Waals surface area contributed by atoms with Crippen LogP contribution in [0, 0.1) is 29.1 Å². The highest BCUT2D eigenvalue weighted by atomic mass is 16.1. The first-order chi connectivity index (χ1) is 5.57. The maximum absolute atomic E-state index is 10.8. The summed E-state index contributed by atoms with van der Waals surface area (Å²) in [7, 11) is 0. The predicted octanol–water partition coefficient (Wildman–Crippen LogP) is 2.50. The number of carbonyl (C=O) groups is 1. The smallest absolute Gasteiger partial charge is 0.123 e. The SMILES string of the molecule is C[C@@H]1C[C@@H](C=O)[C@H]2C[C@@H]1C2(C)C. The maximum atomic E-state index is 10.8. The molecule has 4 atom stereocenters. The van der Waals surface area contributed by atoms with E-state index in [9.17, 15) is 4.79 Å². The Bertz CT molecular complexity index is 207. The van der Waals surface area contributed by atoms with Crippen molar-refractivity contribution in [3.63, 3.8) is 0 Å². The molecule has 0 unspecified atom stereocenters. The summed E-state index contributed by atoms with van der Waals surface area (Å²) >= 11 is 0. The van der Waals surface area contributed by atoms with Gasteiger partial charge in [0.2, 0.25) is 0 Å². The van der Waals surface area contributed by atoms with Gasteiger partial charge in [-0.2, -0.15) is 0 Å². The van der Waals surface area contributed by atoms with Crippen molar-refractivity contribution in [3.05, 3.63) is 0 Å². The lowest BCUT2D eigenvalue weighted by Gasteiger charge is -2.61. The number of aldehydes is 1. The van der Waals surface area contributed by atoms with Crippen LogP contribution in [0.4, 0.5) is 0 Å². The van der Waals surface area contributed by atoms with Crippen molar-refractivity contribution < 1.29 is 4.79 Å². The third kappa shape index (κ3) is 0.826. The zero-order valence-corrected chi connectivity index (χ0v) is 8.21. The lowest BCUT2D eigenvalue weighted by atomic mass is 9.43. The number of carbonyl (C=O) groups excluding carboxylic acids is 1. The van der Waals surface area contributed by atoms with Gasteiger partial charge in [0.15, 0.2) is 0 Å². The molecule has 0 spiro atoms. The number of hydrogen-bond donors (Lipinski definition) is 0. The molecular formula is C11H18O. The summed E-state index contributed by atoms with van der Waals surface area (Å²) in [4.78, 5) is 10.8. The normalized spacial score (nSPS) is 49.6. The summed E-state index contributed by atoms with van der Waals surface area (Å²) in [6, 6.07) is 0. The molecule has 3 fully saturated rings. The second-order valence-corrected chi connectivity index (χ2v) is 5.28. The highest BCUT2D eigenvalue weighted by Crippen LogP contribution is 2.62. The van der Waals surface area contributed by atoms with Gasteiger partial charge in [-0.15, -0.1) is 0 Å². The standard InChI is InChI=1S/C11H18O/c1-7-4-8(6-12)10-5-9(7)11(10,2)3/h6-10H,4-5H2,1-3H3/t7-,8+,9+,10-/m1/s1. The van der Waals surface area contributed by atoms with Crippen LogP contribution in [0.1, 0.15) is 33.6 Å². The fourth-order valence-electron chi connectivity index (χ4n) is 3.60. The molecule has 3 rings (SSSR count). The summed E-state index contributed by atoms with van der Waals surface area (Å²) in [6.07, 6.45) is 3.64. The molecule has 1 heteroatoms. The van der Waals surface area contributed by atoms with Crippen LogP contribution in [-0.4, -0.2) is 6.29 Å². The number of rotatable bonds is 1. The summed E-state index contributed by atoms with van der Waals surface area (Å²) in [5, 5.41) is 0. The second kappa shape index (κ2) is 2.34. The molecule has 0 N–H and O–H groups in total. The number of fused-ring (bicyclic) bond motifs is 2. The molecule has 3 saturated carbocycles. The van der Waals surface area contributed by atoms with Gasteiger partial charge in [0, 0.05) is 5.92 Å². The van der Waals surface area contributed by atoms with Crippen molar-refractivity contribution in [3.8, 4) is 0 Å². The lowest BCUT2D eigenvalue weighted by molar-refractivity contribution is -0.149. The molecule has 0 aliphatic heterocycles. The van der Waals surface area contributed by atoms with E-state index in [0.717, 1.165) is 18.3 Å². The van der Waals surface area contributed by atoms with Crippen LogP contribution in [-0.2, 0) is 4.79 Å². The molecule has 3 aliphatic rings. The van der Waals surface area contributed by atoms with E-state index in [1.165, 1.54) is 12.7 Å². The molecule has 0 aromatic heterocycles. The van der Waals surface area contributed by atoms with Crippen molar-refractivity contribution in [2.45, 2.75) is 33.6 Å². The zero-order valence-electron chi connectivity index (χ0n) is 8.21. The van der Waals surface area contributed by atoms with Crippen molar-refractivity contribution in [2.75, 3.05) is 0 Å². The van der Waals surface area contributed by atoms with Gasteiger partial charge in [0.05, 0.1) is 0 Å². The molecule has 2 bridgehead atoms. The van der Waals surface area contributed by atoms with E-state index in [1.54, 1.807) is 0 Å². The Labute approximate surface area is 74.5 Å². The average molecular weight is 166 g/mol. The van der Waals surface area contributed by atoms with Gasteiger partial charge in [0.25, 0.3) is 0 Å². The molecule has 12 heavy (non-hydrogen) atoms. The van der Waals surface area contributed by atoms with Crippen molar-refractivity contribution in [1.82, 2.24) is 0 Å². The molecule has 3 aliphatic carbocycles. The number of hydrogen-bond acceptors (Lipinski definition) is 1. The van der Waals surface area contributed by atoms with Crippen LogP contribution < -0.4 is 0 Å². The highest BCUT2D eigenvalue weighted by Gasteiger charge is 2.56. The largest absolute Gasteiger partial charge is 0.303 e. The first kappa shape index (κ1) is 8.28. The Morgan fingerprint density at radius 3 is 2.33 bits per heavy atom. The Morgan fingerprint density at radius 2 is 1.92 bits per heavy atom. The molecular weight excluding hydrogens is 148 g/mol. The topological polar surface area (TPSA) is 17.1 Å². The van der Waals surface area contributed by atoms with Crippen LogP contribution in [0.15, 0.2) is 0 Å². The third-order valence-electron chi connectivity index (χ3n) is 4.44. The van der Waals surface area contributed by atoms with Crippen molar-refractivity contribution in [1.29, 1.82) is 0 Å². The lowest BCUT2D eigenvalue weighted by Crippen LogP contribution is -2.56. The Hall–Kier alpha value is -0.330. The summed E-state index contributed by atoms with van der Waals surface area (Å²) in [5.74, 6) is 2.70. The fraction of sp³-hybridized carbons (Fsp3) is 0.909. The summed E-state index contributed by atoms with van der Waals surface area (Å²) in [5.41, 5.74) is 0.448. The van der Waals surface area contributed by atoms with Gasteiger partial charge in [-0.3, -0.25) is 0 Å². The Balaban J connectivity index is 2.21. The van der Waals surface area contributed by atoms with E-state index >= 15 is 0 Å². The summed E-state index contributed by atoms with van der Waals surface area (Å²) in [6.45, 7) is 6.97. The maximum Gasteiger partial charge on any atom is 0.123 e. The van der Waals surface area contributed by atoms with E-state index in [2.05, 4.69) is 20.8 Å². The molecule has 68 valence electrons. The minimum atomic E-state index is 0.361. The van der Waals surface area contributed by atoms with E-state index in [0.29, 0.717) is 17.3 Å². The van der Waals surface area contributed by atoms with Gasteiger partial charge in [-0.1, -0.05) is 20.8 Å². The van der Waals surface area contributed by atoms with Gasteiger partial charge >= 0.3 is 0 Å². The van der Waals surface area contributed by atoms with Crippen LogP contribution in [0.3, 0.4) is 0 Å².